The highest BCUT2D eigenvalue weighted by Gasteiger charge is 2.20. The number of hydrogen-bond acceptors (Lipinski definition) is 4. The molecule has 0 fully saturated rings. The second-order valence-corrected chi connectivity index (χ2v) is 4.75. The van der Waals surface area contributed by atoms with Gasteiger partial charge in [0, 0.05) is 6.04 Å². The van der Waals surface area contributed by atoms with Crippen LogP contribution in [0.25, 0.3) is 0 Å². The Labute approximate surface area is 92.2 Å². The molecule has 4 heteroatoms. The number of hydrogen-bond donors (Lipinski definition) is 1. The molecule has 0 spiro atoms. The summed E-state index contributed by atoms with van der Waals surface area (Å²) in [5.41, 5.74) is -0.446. The Morgan fingerprint density at radius 2 is 2.00 bits per heavy atom. The number of likely N-dealkylation sites (N-methyl/N-ethyl adjacent to an activating group) is 1. The first kappa shape index (κ1) is 14.4. The van der Waals surface area contributed by atoms with Crippen molar-refractivity contribution in [3.8, 4) is 0 Å². The average molecular weight is 217 g/mol. The van der Waals surface area contributed by atoms with Gasteiger partial charge in [0.1, 0.15) is 5.60 Å². The third-order valence-corrected chi connectivity index (χ3v) is 2.10. The molecule has 0 aliphatic rings. The van der Waals surface area contributed by atoms with Crippen molar-refractivity contribution >= 4 is 5.97 Å². The lowest BCUT2D eigenvalue weighted by atomic mass is 10.2. The predicted octanol–water partition coefficient (Wildman–Crippen LogP) is 1.03. The van der Waals surface area contributed by atoms with Crippen molar-refractivity contribution in [2.24, 2.45) is 0 Å². The Morgan fingerprint density at radius 1 is 1.47 bits per heavy atom. The molecule has 0 saturated carbocycles. The standard InChI is InChI=1S/C11H23NO3/c1-6-9(8-13)12(5)7-10(14)15-11(2,3)4/h9,13H,6-8H2,1-5H3. The van der Waals surface area contributed by atoms with Gasteiger partial charge in [-0.25, -0.2) is 0 Å². The first-order valence-corrected chi connectivity index (χ1v) is 5.33. The lowest BCUT2D eigenvalue weighted by molar-refractivity contribution is -0.156. The predicted molar refractivity (Wildman–Crippen MR) is 59.6 cm³/mol. The van der Waals surface area contributed by atoms with E-state index in [0.29, 0.717) is 0 Å². The van der Waals surface area contributed by atoms with Crippen molar-refractivity contribution in [3.05, 3.63) is 0 Å². The van der Waals surface area contributed by atoms with Crippen LogP contribution in [0, 0.1) is 0 Å². The van der Waals surface area contributed by atoms with Crippen molar-refractivity contribution in [2.75, 3.05) is 20.2 Å². The zero-order chi connectivity index (χ0) is 12.1. The monoisotopic (exact) mass is 217 g/mol. The van der Waals surface area contributed by atoms with Gasteiger partial charge in [-0.15, -0.1) is 0 Å². The van der Waals surface area contributed by atoms with Gasteiger partial charge in [-0.1, -0.05) is 6.92 Å². The molecule has 0 bridgehead atoms. The minimum atomic E-state index is -0.446. The van der Waals surface area contributed by atoms with Gasteiger partial charge in [0.15, 0.2) is 0 Å². The fourth-order valence-electron chi connectivity index (χ4n) is 1.29. The maximum Gasteiger partial charge on any atom is 0.320 e. The average Bonchev–Trinajstić information content (AvgIpc) is 2.02. The van der Waals surface area contributed by atoms with Gasteiger partial charge in [-0.3, -0.25) is 9.69 Å². The molecule has 0 amide bonds. The van der Waals surface area contributed by atoms with Gasteiger partial charge >= 0.3 is 5.97 Å². The SMILES string of the molecule is CCC(CO)N(C)CC(=O)OC(C)(C)C. The minimum Gasteiger partial charge on any atom is -0.459 e. The molecule has 0 heterocycles. The van der Waals surface area contributed by atoms with Crippen LogP contribution >= 0.6 is 0 Å². The van der Waals surface area contributed by atoms with Crippen molar-refractivity contribution in [1.29, 1.82) is 0 Å². The van der Waals surface area contributed by atoms with Crippen molar-refractivity contribution < 1.29 is 14.6 Å². The molecule has 0 aromatic rings. The summed E-state index contributed by atoms with van der Waals surface area (Å²) < 4.78 is 5.19. The second kappa shape index (κ2) is 6.08. The number of carbonyl (C=O) groups is 1. The largest absolute Gasteiger partial charge is 0.459 e. The topological polar surface area (TPSA) is 49.8 Å². The number of aliphatic hydroxyl groups excluding tert-OH is 1. The van der Waals surface area contributed by atoms with E-state index in [1.54, 1.807) is 0 Å². The van der Waals surface area contributed by atoms with Gasteiger partial charge in [-0.2, -0.15) is 0 Å². The highest BCUT2D eigenvalue weighted by molar-refractivity contribution is 5.72. The van der Waals surface area contributed by atoms with Crippen molar-refractivity contribution in [2.45, 2.75) is 45.8 Å². The van der Waals surface area contributed by atoms with Crippen LogP contribution in [0.15, 0.2) is 0 Å². The van der Waals surface area contributed by atoms with Gasteiger partial charge < -0.3 is 9.84 Å². The van der Waals surface area contributed by atoms with E-state index in [-0.39, 0.29) is 25.2 Å². The van der Waals surface area contributed by atoms with Crippen LogP contribution in [0.4, 0.5) is 0 Å². The Balaban J connectivity index is 4.06. The first-order chi connectivity index (χ1) is 6.80. The van der Waals surface area contributed by atoms with Crippen LogP contribution in [0.3, 0.4) is 0 Å². The summed E-state index contributed by atoms with van der Waals surface area (Å²) in [5, 5.41) is 9.05. The third-order valence-electron chi connectivity index (χ3n) is 2.10. The van der Waals surface area contributed by atoms with E-state index in [9.17, 15) is 4.79 Å². The van der Waals surface area contributed by atoms with Gasteiger partial charge in [-0.05, 0) is 34.2 Å². The van der Waals surface area contributed by atoms with E-state index in [4.69, 9.17) is 9.84 Å². The van der Waals surface area contributed by atoms with E-state index >= 15 is 0 Å². The first-order valence-electron chi connectivity index (χ1n) is 5.33. The van der Waals surface area contributed by atoms with E-state index in [2.05, 4.69) is 0 Å². The molecule has 0 saturated heterocycles. The molecular formula is C11H23NO3. The zero-order valence-corrected chi connectivity index (χ0v) is 10.4. The lowest BCUT2D eigenvalue weighted by Crippen LogP contribution is -2.40. The smallest absolute Gasteiger partial charge is 0.320 e. The maximum absolute atomic E-state index is 11.5. The molecule has 0 rings (SSSR count). The number of esters is 1. The molecule has 0 aliphatic carbocycles. The normalized spacial score (nSPS) is 14.1. The summed E-state index contributed by atoms with van der Waals surface area (Å²) in [6.45, 7) is 7.79. The molecular weight excluding hydrogens is 194 g/mol. The Hall–Kier alpha value is -0.610. The summed E-state index contributed by atoms with van der Waals surface area (Å²) >= 11 is 0. The number of nitrogens with zero attached hydrogens (tertiary/aromatic N) is 1. The maximum atomic E-state index is 11.5. The van der Waals surface area contributed by atoms with Gasteiger partial charge in [0.25, 0.3) is 0 Å². The Morgan fingerprint density at radius 3 is 2.33 bits per heavy atom. The third kappa shape index (κ3) is 6.47. The van der Waals surface area contributed by atoms with E-state index in [1.807, 2.05) is 39.6 Å². The fourth-order valence-corrected chi connectivity index (χ4v) is 1.29. The Bertz CT molecular complexity index is 194. The second-order valence-electron chi connectivity index (χ2n) is 4.75. The summed E-state index contributed by atoms with van der Waals surface area (Å²) in [5.74, 6) is -0.253. The van der Waals surface area contributed by atoms with Gasteiger partial charge in [0.05, 0.1) is 13.2 Å². The van der Waals surface area contributed by atoms with Crippen LogP contribution in [0.5, 0.6) is 0 Å². The molecule has 0 aromatic heterocycles. The number of carbonyl (C=O) groups excluding carboxylic acids is 1. The fraction of sp³-hybridized carbons (Fsp3) is 0.909. The lowest BCUT2D eigenvalue weighted by Gasteiger charge is -2.26. The van der Waals surface area contributed by atoms with Crippen LogP contribution in [-0.4, -0.2) is 47.8 Å². The quantitative estimate of drug-likeness (QED) is 0.699. The van der Waals surface area contributed by atoms with E-state index in [1.165, 1.54) is 0 Å². The molecule has 1 atom stereocenters. The van der Waals surface area contributed by atoms with Crippen molar-refractivity contribution in [1.82, 2.24) is 4.90 Å². The molecule has 1 N–H and O–H groups in total. The number of aliphatic hydroxyl groups is 1. The Kier molecular flexibility index (Phi) is 5.83. The molecule has 4 nitrogen and oxygen atoms in total. The molecule has 0 radical (unpaired) electrons. The molecule has 0 aliphatic heterocycles. The highest BCUT2D eigenvalue weighted by Crippen LogP contribution is 2.08. The summed E-state index contributed by atoms with van der Waals surface area (Å²) in [7, 11) is 1.81. The highest BCUT2D eigenvalue weighted by atomic mass is 16.6. The zero-order valence-electron chi connectivity index (χ0n) is 10.4. The van der Waals surface area contributed by atoms with Crippen LogP contribution < -0.4 is 0 Å². The summed E-state index contributed by atoms with van der Waals surface area (Å²) in [6, 6.07) is 0.0255. The van der Waals surface area contributed by atoms with E-state index in [0.717, 1.165) is 6.42 Å². The van der Waals surface area contributed by atoms with Crippen LogP contribution in [-0.2, 0) is 9.53 Å². The molecule has 15 heavy (non-hydrogen) atoms. The van der Waals surface area contributed by atoms with Crippen LogP contribution in [0.1, 0.15) is 34.1 Å². The summed E-state index contributed by atoms with van der Waals surface area (Å²) in [6.07, 6.45) is 0.815. The van der Waals surface area contributed by atoms with Crippen molar-refractivity contribution in [3.63, 3.8) is 0 Å². The summed E-state index contributed by atoms with van der Waals surface area (Å²) in [4.78, 5) is 13.3. The molecule has 90 valence electrons. The van der Waals surface area contributed by atoms with E-state index < -0.39 is 5.60 Å². The van der Waals surface area contributed by atoms with Gasteiger partial charge in [0.2, 0.25) is 0 Å². The minimum absolute atomic E-state index is 0.0255. The molecule has 1 unspecified atom stereocenters. The molecule has 0 aromatic carbocycles. The van der Waals surface area contributed by atoms with Crippen LogP contribution in [0.2, 0.25) is 0 Å². The number of rotatable bonds is 5. The number of ether oxygens (including phenoxy) is 1.